The third-order valence-corrected chi connectivity index (χ3v) is 8.72. The van der Waals surface area contributed by atoms with Crippen LogP contribution in [0.5, 0.6) is 0 Å². The number of benzene rings is 2. The van der Waals surface area contributed by atoms with Gasteiger partial charge in [0.25, 0.3) is 21.1 Å². The Morgan fingerprint density at radius 2 is 1.79 bits per heavy atom. The van der Waals surface area contributed by atoms with Gasteiger partial charge in [0.15, 0.2) is 0 Å². The highest BCUT2D eigenvalue weighted by Crippen LogP contribution is 2.34. The number of aryl methyl sites for hydroxylation is 1. The minimum absolute atomic E-state index is 0.00716. The highest BCUT2D eigenvalue weighted by molar-refractivity contribution is 9.10. The van der Waals surface area contributed by atoms with Gasteiger partial charge in [-0.2, -0.15) is 0 Å². The first-order chi connectivity index (χ1) is 20.0. The van der Waals surface area contributed by atoms with Crippen molar-refractivity contribution >= 4 is 54.0 Å². The van der Waals surface area contributed by atoms with Crippen LogP contribution in [0.4, 0.5) is 21.5 Å². The van der Waals surface area contributed by atoms with E-state index in [2.05, 4.69) is 31.0 Å². The first-order valence-corrected chi connectivity index (χ1v) is 15.0. The lowest BCUT2D eigenvalue weighted by Crippen LogP contribution is -2.41. The predicted octanol–water partition coefficient (Wildman–Crippen LogP) is 4.03. The molecule has 1 aliphatic rings. The molecule has 5 aromatic rings. The summed E-state index contributed by atoms with van der Waals surface area (Å²) in [5.74, 6) is -0.623. The number of pyridine rings is 2. The molecule has 6 rings (SSSR count). The number of hydrogen-bond acceptors (Lipinski definition) is 7. The van der Waals surface area contributed by atoms with Gasteiger partial charge in [-0.1, -0.05) is 22.0 Å². The van der Waals surface area contributed by atoms with Crippen LogP contribution in [0.25, 0.3) is 16.7 Å². The van der Waals surface area contributed by atoms with E-state index in [4.69, 9.17) is 0 Å². The average Bonchev–Trinajstić information content (AvgIpc) is 3.78. The van der Waals surface area contributed by atoms with E-state index in [1.54, 1.807) is 18.2 Å². The van der Waals surface area contributed by atoms with Gasteiger partial charge in [0.2, 0.25) is 0 Å². The standard InChI is InChI=1S/C28H22BrFN6O5S/c1-34-24(37)14-23(32-22-10-7-16(29)12-21(22)30)25-26(34)35(28(39)36(27(25)38)18-8-9-18)19-5-2-4-17(13-19)33-42(40,41)20-6-3-11-31-15-20/h2-7,10-15,18,32-33H,8-9H2,1H3. The first-order valence-electron chi connectivity index (χ1n) is 12.7. The average molecular weight is 653 g/mol. The summed E-state index contributed by atoms with van der Waals surface area (Å²) >= 11 is 3.21. The van der Waals surface area contributed by atoms with E-state index in [0.717, 1.165) is 9.13 Å². The Labute approximate surface area is 246 Å². The summed E-state index contributed by atoms with van der Waals surface area (Å²) < 4.78 is 47.1. The van der Waals surface area contributed by atoms with Gasteiger partial charge in [-0.15, -0.1) is 0 Å². The fourth-order valence-electron chi connectivity index (χ4n) is 4.71. The molecule has 1 saturated carbocycles. The molecule has 1 aliphatic carbocycles. The van der Waals surface area contributed by atoms with E-state index in [9.17, 15) is 27.2 Å². The minimum atomic E-state index is -4.01. The monoisotopic (exact) mass is 652 g/mol. The molecule has 2 N–H and O–H groups in total. The number of sulfonamides is 1. The zero-order chi connectivity index (χ0) is 29.8. The number of rotatable bonds is 7. The van der Waals surface area contributed by atoms with Gasteiger partial charge in [0, 0.05) is 36.0 Å². The van der Waals surface area contributed by atoms with E-state index < -0.39 is 32.6 Å². The Morgan fingerprint density at radius 3 is 2.48 bits per heavy atom. The lowest BCUT2D eigenvalue weighted by atomic mass is 10.2. The van der Waals surface area contributed by atoms with E-state index in [-0.39, 0.29) is 44.7 Å². The zero-order valence-corrected chi connectivity index (χ0v) is 24.3. The third kappa shape index (κ3) is 4.92. The predicted molar refractivity (Wildman–Crippen MR) is 160 cm³/mol. The largest absolute Gasteiger partial charge is 0.352 e. The molecule has 0 saturated heterocycles. The van der Waals surface area contributed by atoms with Crippen molar-refractivity contribution in [3.8, 4) is 5.69 Å². The maximum absolute atomic E-state index is 14.8. The third-order valence-electron chi connectivity index (χ3n) is 6.86. The number of halogens is 2. The molecule has 0 bridgehead atoms. The summed E-state index contributed by atoms with van der Waals surface area (Å²) in [5.41, 5.74) is -1.54. The van der Waals surface area contributed by atoms with E-state index >= 15 is 0 Å². The second kappa shape index (κ2) is 10.4. The Hall–Kier alpha value is -4.56. The summed E-state index contributed by atoms with van der Waals surface area (Å²) in [6.45, 7) is 0. The molecule has 2 aromatic carbocycles. The van der Waals surface area contributed by atoms with Crippen molar-refractivity contribution in [2.24, 2.45) is 7.05 Å². The molecular weight excluding hydrogens is 631 g/mol. The summed E-state index contributed by atoms with van der Waals surface area (Å²) in [6.07, 6.45) is 3.88. The number of hydrogen-bond donors (Lipinski definition) is 2. The van der Waals surface area contributed by atoms with Gasteiger partial charge in [-0.25, -0.2) is 22.2 Å². The van der Waals surface area contributed by atoms with Crippen molar-refractivity contribution in [2.45, 2.75) is 23.8 Å². The summed E-state index contributed by atoms with van der Waals surface area (Å²) in [5, 5.41) is 2.85. The first kappa shape index (κ1) is 27.6. The number of nitrogens with zero attached hydrogens (tertiary/aromatic N) is 4. The van der Waals surface area contributed by atoms with E-state index in [1.165, 1.54) is 66.5 Å². The number of anilines is 3. The van der Waals surface area contributed by atoms with Crippen LogP contribution in [0, 0.1) is 5.82 Å². The maximum atomic E-state index is 14.8. The highest BCUT2D eigenvalue weighted by Gasteiger charge is 2.31. The SMILES string of the molecule is Cn1c(=O)cc(Nc2ccc(Br)cc2F)c2c(=O)n(C3CC3)c(=O)n(-c3cccc(NS(=O)(=O)c4cccnc4)c3)c21. The molecular formula is C28H22BrFN6O5S. The van der Waals surface area contributed by atoms with Crippen LogP contribution in [0.3, 0.4) is 0 Å². The summed E-state index contributed by atoms with van der Waals surface area (Å²) in [4.78, 5) is 44.7. The van der Waals surface area contributed by atoms with Crippen LogP contribution < -0.4 is 26.8 Å². The molecule has 214 valence electrons. The Bertz CT molecular complexity index is 2180. The van der Waals surface area contributed by atoms with Gasteiger partial charge in [-0.05, 0) is 61.4 Å². The van der Waals surface area contributed by atoms with E-state index in [1.807, 2.05) is 0 Å². The fraction of sp³-hybridized carbons (Fsp3) is 0.143. The maximum Gasteiger partial charge on any atom is 0.337 e. The van der Waals surface area contributed by atoms with Crippen molar-refractivity contribution in [3.63, 3.8) is 0 Å². The van der Waals surface area contributed by atoms with Crippen LogP contribution in [-0.2, 0) is 17.1 Å². The minimum Gasteiger partial charge on any atom is -0.352 e. The summed E-state index contributed by atoms with van der Waals surface area (Å²) in [7, 11) is -2.59. The van der Waals surface area contributed by atoms with Gasteiger partial charge < -0.3 is 5.32 Å². The van der Waals surface area contributed by atoms with Crippen LogP contribution in [0.2, 0.25) is 0 Å². The van der Waals surface area contributed by atoms with Crippen LogP contribution in [0.15, 0.2) is 96.8 Å². The number of aromatic nitrogens is 4. The van der Waals surface area contributed by atoms with Gasteiger partial charge in [0.1, 0.15) is 21.7 Å². The highest BCUT2D eigenvalue weighted by atomic mass is 79.9. The Balaban J connectivity index is 1.59. The molecule has 3 heterocycles. The molecule has 42 heavy (non-hydrogen) atoms. The summed E-state index contributed by atoms with van der Waals surface area (Å²) in [6, 6.07) is 14.0. The smallest absolute Gasteiger partial charge is 0.337 e. The normalized spacial score (nSPS) is 13.3. The molecule has 11 nitrogen and oxygen atoms in total. The van der Waals surface area contributed by atoms with Crippen LogP contribution in [-0.4, -0.2) is 27.1 Å². The number of fused-ring (bicyclic) bond motifs is 1. The molecule has 14 heteroatoms. The molecule has 0 amide bonds. The fourth-order valence-corrected chi connectivity index (χ4v) is 6.06. The van der Waals surface area contributed by atoms with Gasteiger partial charge in [-0.3, -0.25) is 28.4 Å². The molecule has 1 fully saturated rings. The molecule has 0 spiro atoms. The quantitative estimate of drug-likeness (QED) is 0.271. The molecule has 0 radical (unpaired) electrons. The van der Waals surface area contributed by atoms with Crippen molar-refractivity contribution in [3.05, 3.63) is 115 Å². The molecule has 0 aliphatic heterocycles. The second-order valence-electron chi connectivity index (χ2n) is 9.77. The second-order valence-corrected chi connectivity index (χ2v) is 12.4. The van der Waals surface area contributed by atoms with E-state index in [0.29, 0.717) is 17.3 Å². The molecule has 0 atom stereocenters. The van der Waals surface area contributed by atoms with Crippen molar-refractivity contribution < 1.29 is 12.8 Å². The molecule has 0 unspecified atom stereocenters. The van der Waals surface area contributed by atoms with Gasteiger partial charge in [0.05, 0.1) is 22.7 Å². The lowest BCUT2D eigenvalue weighted by Gasteiger charge is -2.19. The molecule has 3 aromatic heterocycles. The van der Waals surface area contributed by atoms with Crippen LogP contribution >= 0.6 is 15.9 Å². The van der Waals surface area contributed by atoms with Crippen molar-refractivity contribution in [1.82, 2.24) is 18.7 Å². The van der Waals surface area contributed by atoms with Crippen molar-refractivity contribution in [1.29, 1.82) is 0 Å². The Morgan fingerprint density at radius 1 is 1.00 bits per heavy atom. The van der Waals surface area contributed by atoms with Gasteiger partial charge >= 0.3 is 5.69 Å². The lowest BCUT2D eigenvalue weighted by molar-refractivity contribution is 0.601. The Kier molecular flexibility index (Phi) is 6.81. The zero-order valence-electron chi connectivity index (χ0n) is 21.9. The number of nitrogens with one attached hydrogen (secondary N) is 2. The topological polar surface area (TPSA) is 137 Å². The van der Waals surface area contributed by atoms with Crippen molar-refractivity contribution in [2.75, 3.05) is 10.0 Å². The van der Waals surface area contributed by atoms with Crippen LogP contribution in [0.1, 0.15) is 18.9 Å².